The minimum absolute atomic E-state index is 0.191. The van der Waals surface area contributed by atoms with Gasteiger partial charge >= 0.3 is 0 Å². The Bertz CT molecular complexity index is 1410. The van der Waals surface area contributed by atoms with Crippen LogP contribution in [0.15, 0.2) is 77.7 Å². The highest BCUT2D eigenvalue weighted by molar-refractivity contribution is 7.92. The number of benzene rings is 4. The summed E-state index contributed by atoms with van der Waals surface area (Å²) in [7, 11) is -3.81. The molecular formula is C26H23NO3S. The highest BCUT2D eigenvalue weighted by atomic mass is 32.2. The van der Waals surface area contributed by atoms with Gasteiger partial charge in [-0.3, -0.25) is 9.52 Å². The SMILES string of the molecule is Cc1ccc(S(=O)(=O)Nc2cc(C)cc(C)c2-c2c(C=O)ccc3ccccc23)cc1. The zero-order valence-electron chi connectivity index (χ0n) is 17.6. The minimum Gasteiger partial charge on any atom is -0.298 e. The van der Waals surface area contributed by atoms with Crippen molar-refractivity contribution in [2.45, 2.75) is 25.7 Å². The third-order valence-corrected chi connectivity index (χ3v) is 6.78. The van der Waals surface area contributed by atoms with Crippen molar-refractivity contribution in [2.75, 3.05) is 4.72 Å². The van der Waals surface area contributed by atoms with Crippen molar-refractivity contribution in [3.63, 3.8) is 0 Å². The first-order chi connectivity index (χ1) is 14.8. The van der Waals surface area contributed by atoms with Crippen molar-refractivity contribution in [1.82, 2.24) is 0 Å². The first kappa shape index (κ1) is 20.8. The lowest BCUT2D eigenvalue weighted by molar-refractivity contribution is 0.112. The van der Waals surface area contributed by atoms with E-state index in [-0.39, 0.29) is 4.90 Å². The highest BCUT2D eigenvalue weighted by Gasteiger charge is 2.21. The summed E-state index contributed by atoms with van der Waals surface area (Å²) >= 11 is 0. The second kappa shape index (κ2) is 8.00. The molecule has 0 aliphatic rings. The molecule has 156 valence electrons. The van der Waals surface area contributed by atoms with Crippen molar-refractivity contribution in [1.29, 1.82) is 0 Å². The number of sulfonamides is 1. The molecule has 0 saturated heterocycles. The molecule has 0 unspecified atom stereocenters. The molecule has 0 atom stereocenters. The van der Waals surface area contributed by atoms with Crippen LogP contribution >= 0.6 is 0 Å². The zero-order chi connectivity index (χ0) is 22.2. The summed E-state index contributed by atoms with van der Waals surface area (Å²) in [5, 5.41) is 1.88. The van der Waals surface area contributed by atoms with Gasteiger partial charge < -0.3 is 0 Å². The van der Waals surface area contributed by atoms with Gasteiger partial charge in [0, 0.05) is 16.7 Å². The normalized spacial score (nSPS) is 11.5. The Balaban J connectivity index is 1.97. The number of nitrogens with one attached hydrogen (secondary N) is 1. The van der Waals surface area contributed by atoms with E-state index in [1.54, 1.807) is 30.3 Å². The van der Waals surface area contributed by atoms with Crippen LogP contribution in [0.1, 0.15) is 27.0 Å². The molecule has 4 aromatic carbocycles. The van der Waals surface area contributed by atoms with Gasteiger partial charge in [-0.05, 0) is 60.9 Å². The zero-order valence-corrected chi connectivity index (χ0v) is 18.5. The van der Waals surface area contributed by atoms with Crippen LogP contribution in [0.4, 0.5) is 5.69 Å². The average molecular weight is 430 g/mol. The maximum atomic E-state index is 13.2. The van der Waals surface area contributed by atoms with Crippen LogP contribution in [0, 0.1) is 20.8 Å². The second-order valence-corrected chi connectivity index (χ2v) is 9.47. The number of hydrogen-bond acceptors (Lipinski definition) is 3. The quantitative estimate of drug-likeness (QED) is 0.393. The number of rotatable bonds is 5. The van der Waals surface area contributed by atoms with Crippen LogP contribution in [0.3, 0.4) is 0 Å². The van der Waals surface area contributed by atoms with Gasteiger partial charge in [-0.15, -0.1) is 0 Å². The molecule has 1 N–H and O–H groups in total. The third-order valence-electron chi connectivity index (χ3n) is 5.39. The maximum absolute atomic E-state index is 13.2. The van der Waals surface area contributed by atoms with Gasteiger partial charge in [0.2, 0.25) is 0 Å². The van der Waals surface area contributed by atoms with Gasteiger partial charge in [0.05, 0.1) is 10.6 Å². The summed E-state index contributed by atoms with van der Waals surface area (Å²) < 4.78 is 29.1. The summed E-state index contributed by atoms with van der Waals surface area (Å²) in [6.07, 6.45) is 0.819. The van der Waals surface area contributed by atoms with Crippen molar-refractivity contribution in [3.8, 4) is 11.1 Å². The topological polar surface area (TPSA) is 63.2 Å². The van der Waals surface area contributed by atoms with Gasteiger partial charge in [0.1, 0.15) is 0 Å². The van der Waals surface area contributed by atoms with Crippen LogP contribution in [-0.4, -0.2) is 14.7 Å². The van der Waals surface area contributed by atoms with Gasteiger partial charge in [0.15, 0.2) is 6.29 Å². The smallest absolute Gasteiger partial charge is 0.261 e. The van der Waals surface area contributed by atoms with Gasteiger partial charge in [-0.1, -0.05) is 60.2 Å². The molecule has 4 aromatic rings. The van der Waals surface area contributed by atoms with Gasteiger partial charge in [0.25, 0.3) is 10.0 Å². The van der Waals surface area contributed by atoms with Crippen LogP contribution in [0.25, 0.3) is 21.9 Å². The standard InChI is InChI=1S/C26H23NO3S/c1-17-8-12-22(13-9-17)31(29,30)27-24-15-18(2)14-19(3)25(24)26-21(16-28)11-10-20-6-4-5-7-23(20)26/h4-16,27H,1-3H3. The summed E-state index contributed by atoms with van der Waals surface area (Å²) in [5.41, 5.74) is 5.21. The predicted molar refractivity (Wildman–Crippen MR) is 126 cm³/mol. The predicted octanol–water partition coefficient (Wildman–Crippen LogP) is 6.05. The van der Waals surface area contributed by atoms with E-state index in [4.69, 9.17) is 0 Å². The summed E-state index contributed by atoms with van der Waals surface area (Å²) in [6, 6.07) is 22.0. The van der Waals surface area contributed by atoms with E-state index in [0.29, 0.717) is 16.8 Å². The monoisotopic (exact) mass is 429 g/mol. The molecule has 4 rings (SSSR count). The molecule has 0 radical (unpaired) electrons. The van der Waals surface area contributed by atoms with E-state index < -0.39 is 10.0 Å². The Hall–Kier alpha value is -3.44. The molecule has 0 fully saturated rings. The molecule has 4 nitrogen and oxygen atoms in total. The van der Waals surface area contributed by atoms with Crippen LogP contribution < -0.4 is 4.72 Å². The Morgan fingerprint density at radius 2 is 1.48 bits per heavy atom. The van der Waals surface area contributed by atoms with Crippen molar-refractivity contribution in [3.05, 3.63) is 95.1 Å². The molecule has 0 heterocycles. The molecule has 0 spiro atoms. The molecule has 0 aliphatic carbocycles. The van der Waals surface area contributed by atoms with E-state index in [1.807, 2.05) is 63.2 Å². The van der Waals surface area contributed by atoms with Crippen molar-refractivity contribution < 1.29 is 13.2 Å². The number of fused-ring (bicyclic) bond motifs is 1. The number of carbonyl (C=O) groups is 1. The lowest BCUT2D eigenvalue weighted by Crippen LogP contribution is -2.14. The van der Waals surface area contributed by atoms with Crippen molar-refractivity contribution >= 4 is 32.8 Å². The fraction of sp³-hybridized carbons (Fsp3) is 0.115. The summed E-state index contributed by atoms with van der Waals surface area (Å²) in [6.45, 7) is 5.76. The van der Waals surface area contributed by atoms with E-state index in [2.05, 4.69) is 4.72 Å². The molecular weight excluding hydrogens is 406 g/mol. The Morgan fingerprint density at radius 1 is 0.774 bits per heavy atom. The first-order valence-electron chi connectivity index (χ1n) is 9.98. The Labute approximate surface area is 182 Å². The number of anilines is 1. The molecule has 0 bridgehead atoms. The number of aldehydes is 1. The molecule has 5 heteroatoms. The highest BCUT2D eigenvalue weighted by Crippen LogP contribution is 2.40. The van der Waals surface area contributed by atoms with Crippen LogP contribution in [-0.2, 0) is 10.0 Å². The van der Waals surface area contributed by atoms with Gasteiger partial charge in [-0.25, -0.2) is 8.42 Å². The first-order valence-corrected chi connectivity index (χ1v) is 11.5. The third kappa shape index (κ3) is 3.97. The molecule has 0 saturated carbocycles. The van der Waals surface area contributed by atoms with Crippen molar-refractivity contribution in [2.24, 2.45) is 0 Å². The van der Waals surface area contributed by atoms with E-state index >= 15 is 0 Å². The number of carbonyl (C=O) groups excluding carboxylic acids is 1. The molecule has 31 heavy (non-hydrogen) atoms. The lowest BCUT2D eigenvalue weighted by Gasteiger charge is -2.19. The fourth-order valence-corrected chi connectivity index (χ4v) is 5.03. The Morgan fingerprint density at radius 3 is 2.19 bits per heavy atom. The van der Waals surface area contributed by atoms with E-state index in [9.17, 15) is 13.2 Å². The summed E-state index contributed by atoms with van der Waals surface area (Å²) in [4.78, 5) is 12.1. The number of aryl methyl sites for hydroxylation is 3. The average Bonchev–Trinajstić information content (AvgIpc) is 2.73. The fourth-order valence-electron chi connectivity index (χ4n) is 3.97. The second-order valence-electron chi connectivity index (χ2n) is 7.79. The van der Waals surface area contributed by atoms with E-state index in [0.717, 1.165) is 39.3 Å². The lowest BCUT2D eigenvalue weighted by atomic mass is 9.89. The Kier molecular flexibility index (Phi) is 5.38. The van der Waals surface area contributed by atoms with E-state index in [1.165, 1.54) is 0 Å². The maximum Gasteiger partial charge on any atom is 0.261 e. The van der Waals surface area contributed by atoms with Gasteiger partial charge in [-0.2, -0.15) is 0 Å². The van der Waals surface area contributed by atoms with Crippen LogP contribution in [0.5, 0.6) is 0 Å². The van der Waals surface area contributed by atoms with Crippen LogP contribution in [0.2, 0.25) is 0 Å². The summed E-state index contributed by atoms with van der Waals surface area (Å²) in [5.74, 6) is 0. The largest absolute Gasteiger partial charge is 0.298 e. The number of hydrogen-bond donors (Lipinski definition) is 1. The molecule has 0 aromatic heterocycles. The minimum atomic E-state index is -3.81. The molecule has 0 amide bonds. The molecule has 0 aliphatic heterocycles.